The van der Waals surface area contributed by atoms with Gasteiger partial charge in [0.15, 0.2) is 6.21 Å². The van der Waals surface area contributed by atoms with Gasteiger partial charge in [-0.2, -0.15) is 0 Å². The van der Waals surface area contributed by atoms with Crippen LogP contribution >= 0.6 is 11.6 Å². The summed E-state index contributed by atoms with van der Waals surface area (Å²) >= 11 is 6.08. The maximum atomic E-state index is 14.0. The number of hydrogen-bond acceptors (Lipinski definition) is 0. The second-order valence-corrected chi connectivity index (χ2v) is 7.10. The summed E-state index contributed by atoms with van der Waals surface area (Å²) in [6.45, 7) is 0. The average Bonchev–Trinajstić information content (AvgIpc) is 3.28. The predicted octanol–water partition coefficient (Wildman–Crippen LogP) is 4.86. The molecule has 2 nitrogen and oxygen atoms in total. The molecule has 5 rings (SSSR count). The second kappa shape index (κ2) is 6.43. The van der Waals surface area contributed by atoms with Gasteiger partial charge in [-0.25, -0.2) is 13.8 Å². The lowest BCUT2D eigenvalue weighted by Crippen LogP contribution is -2.58. The molecule has 0 spiro atoms. The average molecular weight is 392 g/mol. The number of fused-ring (bicyclic) bond motifs is 2. The van der Waals surface area contributed by atoms with Gasteiger partial charge in [0.25, 0.3) is 0 Å². The quantitative estimate of drug-likeness (QED) is 0.489. The Balaban J connectivity index is 1.85. The first-order valence-electron chi connectivity index (χ1n) is 8.77. The van der Waals surface area contributed by atoms with Gasteiger partial charge in [0.2, 0.25) is 5.69 Å². The van der Waals surface area contributed by atoms with Crippen molar-refractivity contribution in [2.45, 2.75) is 0 Å². The lowest BCUT2D eigenvalue weighted by Gasteiger charge is -2.11. The monoisotopic (exact) mass is 391 g/mol. The molecule has 1 aliphatic rings. The van der Waals surface area contributed by atoms with E-state index in [1.807, 2.05) is 36.7 Å². The topological polar surface area (TPSA) is 29.8 Å². The molecule has 0 bridgehead atoms. The van der Waals surface area contributed by atoms with Crippen molar-refractivity contribution in [3.63, 3.8) is 0 Å². The Morgan fingerprint density at radius 2 is 1.64 bits per heavy atom. The number of aromatic nitrogens is 1. The number of rotatable bonds is 2. The minimum absolute atomic E-state index is 0.311. The Kier molecular flexibility index (Phi) is 3.88. The Bertz CT molecular complexity index is 1280. The molecule has 4 aromatic rings. The third-order valence-electron chi connectivity index (χ3n) is 4.96. The van der Waals surface area contributed by atoms with Crippen LogP contribution in [-0.2, 0) is 0 Å². The molecule has 28 heavy (non-hydrogen) atoms. The zero-order valence-electron chi connectivity index (χ0n) is 14.6. The number of halogens is 3. The zero-order valence-corrected chi connectivity index (χ0v) is 15.3. The van der Waals surface area contributed by atoms with Gasteiger partial charge < -0.3 is 4.98 Å². The molecule has 0 radical (unpaired) electrons. The Labute approximate surface area is 164 Å². The lowest BCUT2D eigenvalue weighted by atomic mass is 9.90. The summed E-state index contributed by atoms with van der Waals surface area (Å²) in [5.41, 5.74) is 5.85. The first-order chi connectivity index (χ1) is 13.6. The standard InChI is InChI=1S/C23H13ClF2N2/c24-14-3-1-13(2-4-14)23(19-11-27-21-7-5-15(25)9-17(19)21)20-12-28-22-8-6-16(26)10-18(20)22/h1-12,27H/p+1/b23-20+. The molecule has 0 saturated heterocycles. The van der Waals surface area contributed by atoms with E-state index in [9.17, 15) is 8.78 Å². The minimum atomic E-state index is -0.311. The third-order valence-corrected chi connectivity index (χ3v) is 5.21. The molecule has 2 heterocycles. The van der Waals surface area contributed by atoms with Crippen LogP contribution in [0.2, 0.25) is 5.02 Å². The van der Waals surface area contributed by atoms with Crippen LogP contribution in [-0.4, -0.2) is 11.2 Å². The fourth-order valence-corrected chi connectivity index (χ4v) is 3.80. The van der Waals surface area contributed by atoms with Crippen LogP contribution in [0.3, 0.4) is 0 Å². The third kappa shape index (κ3) is 2.74. The molecule has 0 fully saturated rings. The molecule has 3 aromatic carbocycles. The second-order valence-electron chi connectivity index (χ2n) is 6.67. The van der Waals surface area contributed by atoms with Crippen LogP contribution in [0.25, 0.3) is 22.0 Å². The van der Waals surface area contributed by atoms with E-state index in [1.165, 1.54) is 24.3 Å². The zero-order chi connectivity index (χ0) is 19.3. The number of H-pyrrole nitrogens is 1. The number of allylic oxidation sites excluding steroid dienone is 1. The van der Waals surface area contributed by atoms with Crippen LogP contribution in [0, 0.1) is 11.6 Å². The van der Waals surface area contributed by atoms with Crippen LogP contribution in [0.4, 0.5) is 14.5 Å². The largest absolute Gasteiger partial charge is 0.361 e. The van der Waals surface area contributed by atoms with Crippen molar-refractivity contribution in [1.29, 1.82) is 0 Å². The van der Waals surface area contributed by atoms with Crippen molar-refractivity contribution in [1.82, 2.24) is 4.98 Å². The normalized spacial score (nSPS) is 14.5. The molecule has 136 valence electrons. The van der Waals surface area contributed by atoms with Crippen molar-refractivity contribution in [3.8, 4) is 0 Å². The molecule has 1 aliphatic heterocycles. The molecule has 5 heteroatoms. The smallest absolute Gasteiger partial charge is 0.211 e. The Morgan fingerprint density at radius 1 is 0.893 bits per heavy atom. The number of benzene rings is 3. The summed E-state index contributed by atoms with van der Waals surface area (Å²) in [7, 11) is 0. The molecular weight excluding hydrogens is 378 g/mol. The van der Waals surface area contributed by atoms with Gasteiger partial charge in [-0.3, -0.25) is 0 Å². The van der Waals surface area contributed by atoms with Crippen molar-refractivity contribution >= 4 is 45.6 Å². The van der Waals surface area contributed by atoms with Crippen molar-refractivity contribution in [2.75, 3.05) is 0 Å². The summed E-state index contributed by atoms with van der Waals surface area (Å²) in [5.74, 6) is -0.623. The number of aromatic amines is 1. The molecule has 0 unspecified atom stereocenters. The summed E-state index contributed by atoms with van der Waals surface area (Å²) in [4.78, 5) is 6.40. The van der Waals surface area contributed by atoms with Crippen LogP contribution in [0.15, 0.2) is 66.9 Å². The number of nitrogens with one attached hydrogen (secondary N) is 2. The van der Waals surface area contributed by atoms with Crippen molar-refractivity contribution < 1.29 is 13.8 Å². The summed E-state index contributed by atoms with van der Waals surface area (Å²) in [6, 6.07) is 16.7. The van der Waals surface area contributed by atoms with Crippen LogP contribution in [0.1, 0.15) is 16.7 Å². The maximum Gasteiger partial charge on any atom is 0.211 e. The van der Waals surface area contributed by atoms with Crippen LogP contribution in [0.5, 0.6) is 0 Å². The molecule has 0 saturated carbocycles. The van der Waals surface area contributed by atoms with Gasteiger partial charge in [0.05, 0.1) is 11.1 Å². The summed E-state index contributed by atoms with van der Waals surface area (Å²) < 4.78 is 27.9. The van der Waals surface area contributed by atoms with Gasteiger partial charge in [-0.15, -0.1) is 0 Å². The van der Waals surface area contributed by atoms with Gasteiger partial charge in [-0.05, 0) is 48.0 Å². The molecule has 2 N–H and O–H groups in total. The minimum Gasteiger partial charge on any atom is -0.361 e. The molecule has 0 amide bonds. The van der Waals surface area contributed by atoms with Crippen molar-refractivity contribution in [3.05, 3.63) is 100 Å². The van der Waals surface area contributed by atoms with E-state index in [0.29, 0.717) is 5.02 Å². The highest BCUT2D eigenvalue weighted by Crippen LogP contribution is 2.38. The highest BCUT2D eigenvalue weighted by molar-refractivity contribution is 6.30. The van der Waals surface area contributed by atoms with Crippen LogP contribution < -0.4 is 4.99 Å². The lowest BCUT2D eigenvalue weighted by molar-refractivity contribution is -0.342. The van der Waals surface area contributed by atoms with E-state index in [4.69, 9.17) is 11.6 Å². The fourth-order valence-electron chi connectivity index (χ4n) is 3.67. The van der Waals surface area contributed by atoms with E-state index >= 15 is 0 Å². The van der Waals surface area contributed by atoms with E-state index in [0.717, 1.165) is 44.4 Å². The highest BCUT2D eigenvalue weighted by atomic mass is 35.5. The van der Waals surface area contributed by atoms with E-state index < -0.39 is 0 Å². The van der Waals surface area contributed by atoms with Gasteiger partial charge in [0.1, 0.15) is 11.6 Å². The summed E-state index contributed by atoms with van der Waals surface area (Å²) in [5, 5.41) is 1.38. The molecule has 0 atom stereocenters. The van der Waals surface area contributed by atoms with E-state index in [-0.39, 0.29) is 11.6 Å². The first-order valence-corrected chi connectivity index (χ1v) is 9.15. The Hall–Kier alpha value is -3.24. The van der Waals surface area contributed by atoms with Crippen molar-refractivity contribution in [2.24, 2.45) is 0 Å². The van der Waals surface area contributed by atoms with E-state index in [1.54, 1.807) is 12.1 Å². The number of hydrogen-bond donors (Lipinski definition) is 2. The SMILES string of the molecule is Fc1ccc2c(c1)/C(=C(\c1ccc(Cl)cc1)c1c[nH]c3ccc(F)cc13)C=[NH+]2. The molecular formula is C23H14ClF2N2+. The molecule has 0 aliphatic carbocycles. The highest BCUT2D eigenvalue weighted by Gasteiger charge is 2.25. The van der Waals surface area contributed by atoms with Gasteiger partial charge in [-0.1, -0.05) is 23.7 Å². The Morgan fingerprint density at radius 3 is 2.46 bits per heavy atom. The molecule has 1 aromatic heterocycles. The van der Waals surface area contributed by atoms with Gasteiger partial charge in [0, 0.05) is 39.3 Å². The van der Waals surface area contributed by atoms with E-state index in [2.05, 4.69) is 9.98 Å². The van der Waals surface area contributed by atoms with Gasteiger partial charge >= 0.3 is 0 Å². The summed E-state index contributed by atoms with van der Waals surface area (Å²) in [6.07, 6.45) is 3.71. The fraction of sp³-hybridized carbons (Fsp3) is 0. The maximum absolute atomic E-state index is 14.0. The predicted molar refractivity (Wildman–Crippen MR) is 109 cm³/mol. The first kappa shape index (κ1) is 16.9.